The Bertz CT molecular complexity index is 791. The third-order valence-electron chi connectivity index (χ3n) is 5.12. The van der Waals surface area contributed by atoms with E-state index < -0.39 is 12.1 Å². The molecule has 0 aromatic carbocycles. The lowest BCUT2D eigenvalue weighted by Crippen LogP contribution is -2.39. The molecular formula is C19H22F3N5O2. The summed E-state index contributed by atoms with van der Waals surface area (Å²) in [5, 5.41) is 7.12. The Labute approximate surface area is 166 Å². The molecule has 29 heavy (non-hydrogen) atoms. The fourth-order valence-corrected chi connectivity index (χ4v) is 3.75. The van der Waals surface area contributed by atoms with Crippen molar-refractivity contribution < 1.29 is 23.1 Å². The van der Waals surface area contributed by atoms with Crippen molar-refractivity contribution in [1.29, 1.82) is 0 Å². The van der Waals surface area contributed by atoms with E-state index in [4.69, 9.17) is 9.90 Å². The van der Waals surface area contributed by atoms with E-state index in [1.807, 2.05) is 30.9 Å². The van der Waals surface area contributed by atoms with Crippen LogP contribution in [0.15, 0.2) is 43.0 Å². The van der Waals surface area contributed by atoms with Crippen molar-refractivity contribution in [2.45, 2.75) is 19.1 Å². The zero-order valence-corrected chi connectivity index (χ0v) is 15.7. The fourth-order valence-electron chi connectivity index (χ4n) is 3.75. The Morgan fingerprint density at radius 1 is 1.07 bits per heavy atom. The van der Waals surface area contributed by atoms with Crippen LogP contribution in [0.1, 0.15) is 12.0 Å². The van der Waals surface area contributed by atoms with Crippen LogP contribution in [0.25, 0.3) is 0 Å². The van der Waals surface area contributed by atoms with Gasteiger partial charge in [0, 0.05) is 51.0 Å². The average Bonchev–Trinajstić information content (AvgIpc) is 3.13. The molecule has 0 unspecified atom stereocenters. The van der Waals surface area contributed by atoms with Crippen molar-refractivity contribution in [3.63, 3.8) is 0 Å². The second-order valence-corrected chi connectivity index (χ2v) is 7.16. The highest BCUT2D eigenvalue weighted by molar-refractivity contribution is 5.73. The van der Waals surface area contributed by atoms with Gasteiger partial charge in [0.2, 0.25) is 5.95 Å². The number of likely N-dealkylation sites (tertiary alicyclic amines) is 1. The first-order chi connectivity index (χ1) is 13.8. The van der Waals surface area contributed by atoms with E-state index in [1.165, 1.54) is 25.1 Å². The number of carboxylic acid groups (broad SMARTS) is 1. The van der Waals surface area contributed by atoms with Gasteiger partial charge in [-0.05, 0) is 48.6 Å². The highest BCUT2D eigenvalue weighted by Gasteiger charge is 2.38. The van der Waals surface area contributed by atoms with Gasteiger partial charge in [0.1, 0.15) is 0 Å². The number of halogens is 3. The lowest BCUT2D eigenvalue weighted by molar-refractivity contribution is -0.192. The number of rotatable bonds is 3. The minimum Gasteiger partial charge on any atom is -0.475 e. The number of nitrogens with zero attached hydrogens (tertiary/aromatic N) is 5. The van der Waals surface area contributed by atoms with Gasteiger partial charge in [-0.3, -0.25) is 9.88 Å². The molecule has 4 rings (SSSR count). The minimum atomic E-state index is -5.08. The van der Waals surface area contributed by atoms with Crippen LogP contribution in [0.2, 0.25) is 0 Å². The zero-order valence-electron chi connectivity index (χ0n) is 15.7. The van der Waals surface area contributed by atoms with E-state index in [-0.39, 0.29) is 0 Å². The van der Waals surface area contributed by atoms with Crippen molar-refractivity contribution in [3.8, 4) is 0 Å². The number of anilines is 1. The van der Waals surface area contributed by atoms with Crippen molar-refractivity contribution in [3.05, 3.63) is 48.5 Å². The summed E-state index contributed by atoms with van der Waals surface area (Å²) >= 11 is 0. The predicted octanol–water partition coefficient (Wildman–Crippen LogP) is 2.46. The molecule has 10 heteroatoms. The van der Waals surface area contributed by atoms with Gasteiger partial charge in [-0.2, -0.15) is 13.2 Å². The van der Waals surface area contributed by atoms with Crippen LogP contribution in [-0.4, -0.2) is 63.3 Å². The number of piperidine rings is 1. The summed E-state index contributed by atoms with van der Waals surface area (Å²) in [6.07, 6.45) is 3.62. The topological polar surface area (TPSA) is 82.5 Å². The maximum atomic E-state index is 10.6. The molecule has 2 fully saturated rings. The lowest BCUT2D eigenvalue weighted by Gasteiger charge is -2.34. The van der Waals surface area contributed by atoms with Gasteiger partial charge in [-0.15, -0.1) is 0 Å². The molecule has 2 atom stereocenters. The van der Waals surface area contributed by atoms with Gasteiger partial charge in [0.05, 0.1) is 0 Å². The molecule has 0 amide bonds. The molecule has 0 saturated carbocycles. The van der Waals surface area contributed by atoms with E-state index in [9.17, 15) is 13.2 Å². The Hall–Kier alpha value is -2.75. The highest BCUT2D eigenvalue weighted by atomic mass is 19.4. The van der Waals surface area contributed by atoms with Crippen molar-refractivity contribution in [1.82, 2.24) is 19.9 Å². The summed E-state index contributed by atoms with van der Waals surface area (Å²) in [6, 6.07) is 6.11. The molecule has 7 nitrogen and oxygen atoms in total. The Balaban J connectivity index is 0.000000298. The Morgan fingerprint density at radius 2 is 1.69 bits per heavy atom. The second kappa shape index (κ2) is 9.17. The molecule has 2 saturated heterocycles. The van der Waals surface area contributed by atoms with Crippen molar-refractivity contribution in [2.75, 3.05) is 31.1 Å². The third-order valence-corrected chi connectivity index (χ3v) is 5.12. The summed E-state index contributed by atoms with van der Waals surface area (Å²) in [4.78, 5) is 26.7. The summed E-state index contributed by atoms with van der Waals surface area (Å²) < 4.78 is 31.7. The number of alkyl halides is 3. The van der Waals surface area contributed by atoms with Gasteiger partial charge in [0.15, 0.2) is 0 Å². The van der Waals surface area contributed by atoms with E-state index >= 15 is 0 Å². The molecule has 2 aliphatic rings. The first-order valence-corrected chi connectivity index (χ1v) is 9.26. The molecule has 2 aliphatic heterocycles. The maximum absolute atomic E-state index is 10.6. The lowest BCUT2D eigenvalue weighted by atomic mass is 9.88. The second-order valence-electron chi connectivity index (χ2n) is 7.16. The van der Waals surface area contributed by atoms with Crippen LogP contribution < -0.4 is 4.90 Å². The number of pyridine rings is 1. The number of carbonyl (C=O) groups is 1. The van der Waals surface area contributed by atoms with E-state index in [0.717, 1.165) is 37.4 Å². The number of hydrogen-bond donors (Lipinski definition) is 1. The fraction of sp³-hybridized carbons (Fsp3) is 0.474. The molecule has 1 N–H and O–H groups in total. The van der Waals surface area contributed by atoms with E-state index in [2.05, 4.69) is 36.9 Å². The Kier molecular flexibility index (Phi) is 6.63. The minimum absolute atomic E-state index is 0.736. The molecule has 0 radical (unpaired) electrons. The molecule has 4 heterocycles. The number of hydrogen-bond acceptors (Lipinski definition) is 6. The quantitative estimate of drug-likeness (QED) is 0.834. The van der Waals surface area contributed by atoms with Crippen LogP contribution in [0.3, 0.4) is 0 Å². The molecule has 2 aromatic heterocycles. The van der Waals surface area contributed by atoms with Crippen LogP contribution in [0.5, 0.6) is 0 Å². The molecule has 2 aromatic rings. The number of carboxylic acids is 1. The SMILES string of the molecule is O=C(O)C(F)(F)F.c1cnc(N2C[C@H]3CCN(Cc4ccncc4)C[C@H]3C2)nc1. The molecule has 0 spiro atoms. The van der Waals surface area contributed by atoms with Gasteiger partial charge in [-0.25, -0.2) is 14.8 Å². The monoisotopic (exact) mass is 409 g/mol. The van der Waals surface area contributed by atoms with Crippen molar-refractivity contribution >= 4 is 11.9 Å². The maximum Gasteiger partial charge on any atom is 0.490 e. The summed E-state index contributed by atoms with van der Waals surface area (Å²) in [7, 11) is 0. The summed E-state index contributed by atoms with van der Waals surface area (Å²) in [5.74, 6) is -0.345. The third kappa shape index (κ3) is 5.86. The van der Waals surface area contributed by atoms with E-state index in [0.29, 0.717) is 0 Å². The summed E-state index contributed by atoms with van der Waals surface area (Å²) in [6.45, 7) is 5.59. The number of fused-ring (bicyclic) bond motifs is 1. The van der Waals surface area contributed by atoms with Gasteiger partial charge < -0.3 is 10.0 Å². The van der Waals surface area contributed by atoms with Gasteiger partial charge in [-0.1, -0.05) is 0 Å². The normalized spacial score (nSPS) is 21.8. The van der Waals surface area contributed by atoms with Crippen LogP contribution in [0, 0.1) is 11.8 Å². The molecule has 0 aliphatic carbocycles. The first-order valence-electron chi connectivity index (χ1n) is 9.26. The largest absolute Gasteiger partial charge is 0.490 e. The highest BCUT2D eigenvalue weighted by Crippen LogP contribution is 2.33. The standard InChI is InChI=1S/C17H21N5.C2HF3O2/c1-5-19-17(20-6-1)22-12-15-4-9-21(11-16(15)13-22)10-14-2-7-18-8-3-14;3-2(4,5)1(6)7/h1-3,5-8,15-16H,4,9-13H2;(H,6,7)/t15-,16+;/m1./s1. The Morgan fingerprint density at radius 3 is 2.31 bits per heavy atom. The van der Waals surface area contributed by atoms with Crippen molar-refractivity contribution in [2.24, 2.45) is 11.8 Å². The van der Waals surface area contributed by atoms with E-state index in [1.54, 1.807) is 0 Å². The molecule has 156 valence electrons. The number of aromatic nitrogens is 3. The molecular weight excluding hydrogens is 387 g/mol. The smallest absolute Gasteiger partial charge is 0.475 e. The van der Waals surface area contributed by atoms with Crippen LogP contribution in [0.4, 0.5) is 19.1 Å². The van der Waals surface area contributed by atoms with Gasteiger partial charge >= 0.3 is 12.1 Å². The predicted molar refractivity (Wildman–Crippen MR) is 99.0 cm³/mol. The number of aliphatic carboxylic acids is 1. The molecule has 0 bridgehead atoms. The van der Waals surface area contributed by atoms with Crippen LogP contribution >= 0.6 is 0 Å². The van der Waals surface area contributed by atoms with Gasteiger partial charge in [0.25, 0.3) is 0 Å². The summed E-state index contributed by atoms with van der Waals surface area (Å²) in [5.41, 5.74) is 1.36. The van der Waals surface area contributed by atoms with Crippen LogP contribution in [-0.2, 0) is 11.3 Å². The zero-order chi connectivity index (χ0) is 20.9. The first kappa shape index (κ1) is 21.0. The average molecular weight is 409 g/mol.